The Morgan fingerprint density at radius 1 is 1.10 bits per heavy atom. The SMILES string of the molecule is O=C(CC1Cc2ccccc21)C(C(F)(F)F)C(F)(F)F. The van der Waals surface area contributed by atoms with E-state index in [2.05, 4.69) is 0 Å². The van der Waals surface area contributed by atoms with Crippen molar-refractivity contribution >= 4 is 5.78 Å². The van der Waals surface area contributed by atoms with Gasteiger partial charge in [0.05, 0.1) is 0 Å². The molecule has 0 saturated carbocycles. The maximum atomic E-state index is 12.4. The van der Waals surface area contributed by atoms with Crippen LogP contribution in [-0.2, 0) is 11.2 Å². The molecule has 0 radical (unpaired) electrons. The standard InChI is InChI=1S/C13H10F6O/c14-12(15,16)11(13(17,18)19)10(20)6-8-5-7-3-1-2-4-9(7)8/h1-4,8,11H,5-6H2. The Labute approximate surface area is 110 Å². The van der Waals surface area contributed by atoms with Crippen LogP contribution in [0.3, 0.4) is 0 Å². The van der Waals surface area contributed by atoms with E-state index in [0.717, 1.165) is 5.56 Å². The van der Waals surface area contributed by atoms with Crippen LogP contribution >= 0.6 is 0 Å². The normalized spacial score (nSPS) is 18.6. The molecule has 0 aliphatic heterocycles. The van der Waals surface area contributed by atoms with Gasteiger partial charge in [-0.15, -0.1) is 0 Å². The molecule has 2 rings (SSSR count). The lowest BCUT2D eigenvalue weighted by Gasteiger charge is -2.31. The number of Topliss-reactive ketones (excluding diaryl/α,β-unsaturated/α-hetero) is 1. The van der Waals surface area contributed by atoms with E-state index in [-0.39, 0.29) is 0 Å². The van der Waals surface area contributed by atoms with Crippen molar-refractivity contribution in [2.45, 2.75) is 31.1 Å². The summed E-state index contributed by atoms with van der Waals surface area (Å²) in [7, 11) is 0. The molecule has 0 N–H and O–H groups in total. The molecule has 0 fully saturated rings. The molecular weight excluding hydrogens is 286 g/mol. The summed E-state index contributed by atoms with van der Waals surface area (Å²) in [5.41, 5.74) is 1.52. The van der Waals surface area contributed by atoms with Crippen LogP contribution in [-0.4, -0.2) is 18.1 Å². The first-order valence-corrected chi connectivity index (χ1v) is 5.84. The van der Waals surface area contributed by atoms with Gasteiger partial charge in [0.2, 0.25) is 5.92 Å². The Bertz CT molecular complexity index is 502. The van der Waals surface area contributed by atoms with Gasteiger partial charge in [-0.05, 0) is 23.5 Å². The molecule has 1 unspecified atom stereocenters. The van der Waals surface area contributed by atoms with Gasteiger partial charge in [0.25, 0.3) is 0 Å². The monoisotopic (exact) mass is 296 g/mol. The fourth-order valence-electron chi connectivity index (χ4n) is 2.46. The first-order valence-electron chi connectivity index (χ1n) is 5.84. The van der Waals surface area contributed by atoms with Crippen molar-refractivity contribution in [2.75, 3.05) is 0 Å². The molecule has 1 nitrogen and oxygen atoms in total. The number of hydrogen-bond donors (Lipinski definition) is 0. The van der Waals surface area contributed by atoms with Crippen molar-refractivity contribution in [2.24, 2.45) is 5.92 Å². The number of carbonyl (C=O) groups excluding carboxylic acids is 1. The molecule has 1 aliphatic carbocycles. The predicted molar refractivity (Wildman–Crippen MR) is 58.1 cm³/mol. The van der Waals surface area contributed by atoms with Gasteiger partial charge >= 0.3 is 12.4 Å². The Morgan fingerprint density at radius 3 is 2.15 bits per heavy atom. The third kappa shape index (κ3) is 2.81. The zero-order valence-corrected chi connectivity index (χ0v) is 10.1. The third-order valence-electron chi connectivity index (χ3n) is 3.39. The molecule has 0 spiro atoms. The number of benzene rings is 1. The summed E-state index contributed by atoms with van der Waals surface area (Å²) in [5.74, 6) is -6.25. The first-order chi connectivity index (χ1) is 9.10. The van der Waals surface area contributed by atoms with Crippen LogP contribution in [0.4, 0.5) is 26.3 Å². The second-order valence-corrected chi connectivity index (χ2v) is 4.79. The van der Waals surface area contributed by atoms with Crippen molar-refractivity contribution in [3.8, 4) is 0 Å². The van der Waals surface area contributed by atoms with Crippen molar-refractivity contribution in [3.63, 3.8) is 0 Å². The lowest BCUT2D eigenvalue weighted by molar-refractivity contribution is -0.273. The Morgan fingerprint density at radius 2 is 1.65 bits per heavy atom. The van der Waals surface area contributed by atoms with Crippen LogP contribution in [0.2, 0.25) is 0 Å². The van der Waals surface area contributed by atoms with Crippen molar-refractivity contribution in [1.29, 1.82) is 0 Å². The number of carbonyl (C=O) groups is 1. The lowest BCUT2D eigenvalue weighted by Crippen LogP contribution is -2.43. The highest BCUT2D eigenvalue weighted by molar-refractivity contribution is 5.83. The quantitative estimate of drug-likeness (QED) is 0.770. The second kappa shape index (κ2) is 4.79. The van der Waals surface area contributed by atoms with E-state index in [1.54, 1.807) is 24.3 Å². The van der Waals surface area contributed by atoms with Crippen LogP contribution in [0.1, 0.15) is 23.5 Å². The average molecular weight is 296 g/mol. The first kappa shape index (κ1) is 14.9. The number of rotatable bonds is 3. The topological polar surface area (TPSA) is 17.1 Å². The Balaban J connectivity index is 2.12. The molecule has 1 aliphatic rings. The molecular formula is C13H10F6O. The minimum absolute atomic E-state index is 0.338. The van der Waals surface area contributed by atoms with Gasteiger partial charge in [0.1, 0.15) is 0 Å². The van der Waals surface area contributed by atoms with E-state index in [1.165, 1.54) is 0 Å². The van der Waals surface area contributed by atoms with E-state index >= 15 is 0 Å². The highest BCUT2D eigenvalue weighted by atomic mass is 19.4. The minimum Gasteiger partial charge on any atom is -0.299 e. The van der Waals surface area contributed by atoms with Crippen molar-refractivity contribution < 1.29 is 31.1 Å². The van der Waals surface area contributed by atoms with Crippen LogP contribution in [0, 0.1) is 5.92 Å². The molecule has 0 heterocycles. The summed E-state index contributed by atoms with van der Waals surface area (Å²) in [5, 5.41) is 0. The molecule has 1 aromatic rings. The molecule has 7 heteroatoms. The summed E-state index contributed by atoms with van der Waals surface area (Å²) in [6.45, 7) is 0. The molecule has 0 bridgehead atoms. The number of alkyl halides is 6. The summed E-state index contributed by atoms with van der Waals surface area (Å²) < 4.78 is 74.4. The van der Waals surface area contributed by atoms with E-state index in [9.17, 15) is 31.1 Å². The summed E-state index contributed by atoms with van der Waals surface area (Å²) in [6.07, 6.45) is -11.6. The number of fused-ring (bicyclic) bond motifs is 1. The smallest absolute Gasteiger partial charge is 0.299 e. The molecule has 0 saturated heterocycles. The van der Waals surface area contributed by atoms with E-state index in [4.69, 9.17) is 0 Å². The van der Waals surface area contributed by atoms with Crippen molar-refractivity contribution in [3.05, 3.63) is 35.4 Å². The van der Waals surface area contributed by atoms with Gasteiger partial charge in [0.15, 0.2) is 5.78 Å². The molecule has 0 amide bonds. The third-order valence-corrected chi connectivity index (χ3v) is 3.39. The van der Waals surface area contributed by atoms with Crippen LogP contribution in [0.25, 0.3) is 0 Å². The lowest BCUT2D eigenvalue weighted by atomic mass is 9.74. The summed E-state index contributed by atoms with van der Waals surface area (Å²) >= 11 is 0. The molecule has 20 heavy (non-hydrogen) atoms. The summed E-state index contributed by atoms with van der Waals surface area (Å²) in [4.78, 5) is 11.4. The fraction of sp³-hybridized carbons (Fsp3) is 0.462. The minimum atomic E-state index is -5.60. The molecule has 1 aromatic carbocycles. The predicted octanol–water partition coefficient (Wildman–Crippen LogP) is 4.03. The highest BCUT2D eigenvalue weighted by Crippen LogP contribution is 2.44. The fourth-order valence-corrected chi connectivity index (χ4v) is 2.46. The van der Waals surface area contributed by atoms with Gasteiger partial charge in [-0.2, -0.15) is 26.3 Å². The average Bonchev–Trinajstić information content (AvgIpc) is 2.21. The van der Waals surface area contributed by atoms with Gasteiger partial charge in [-0.1, -0.05) is 24.3 Å². The zero-order chi connectivity index (χ0) is 15.1. The van der Waals surface area contributed by atoms with Crippen LogP contribution in [0.5, 0.6) is 0 Å². The summed E-state index contributed by atoms with van der Waals surface area (Å²) in [6, 6.07) is 6.72. The van der Waals surface area contributed by atoms with Crippen LogP contribution < -0.4 is 0 Å². The number of ketones is 1. The highest BCUT2D eigenvalue weighted by Gasteiger charge is 2.60. The van der Waals surface area contributed by atoms with Crippen LogP contribution in [0.15, 0.2) is 24.3 Å². The Hall–Kier alpha value is -1.53. The maximum Gasteiger partial charge on any atom is 0.407 e. The van der Waals surface area contributed by atoms with E-state index < -0.39 is 36.4 Å². The molecule has 1 atom stereocenters. The van der Waals surface area contributed by atoms with Gasteiger partial charge in [-0.25, -0.2) is 0 Å². The second-order valence-electron chi connectivity index (χ2n) is 4.79. The van der Waals surface area contributed by atoms with Gasteiger partial charge in [0, 0.05) is 6.42 Å². The number of halogens is 6. The number of hydrogen-bond acceptors (Lipinski definition) is 1. The zero-order valence-electron chi connectivity index (χ0n) is 10.1. The van der Waals surface area contributed by atoms with Gasteiger partial charge in [-0.3, -0.25) is 4.79 Å². The van der Waals surface area contributed by atoms with E-state index in [1.807, 2.05) is 0 Å². The molecule has 110 valence electrons. The maximum absolute atomic E-state index is 12.4. The van der Waals surface area contributed by atoms with Gasteiger partial charge < -0.3 is 0 Å². The largest absolute Gasteiger partial charge is 0.407 e. The van der Waals surface area contributed by atoms with E-state index in [0.29, 0.717) is 12.0 Å². The molecule has 0 aromatic heterocycles. The van der Waals surface area contributed by atoms with Crippen molar-refractivity contribution in [1.82, 2.24) is 0 Å². The Kier molecular flexibility index (Phi) is 3.56.